The van der Waals surface area contributed by atoms with Crippen LogP contribution >= 0.6 is 0 Å². The lowest BCUT2D eigenvalue weighted by Gasteiger charge is -2.38. The van der Waals surface area contributed by atoms with Crippen LogP contribution in [0.5, 0.6) is 0 Å². The summed E-state index contributed by atoms with van der Waals surface area (Å²) in [4.78, 5) is 2.49. The molecule has 1 heterocycles. The van der Waals surface area contributed by atoms with Crippen molar-refractivity contribution in [2.45, 2.75) is 39.7 Å². The van der Waals surface area contributed by atoms with Crippen molar-refractivity contribution < 1.29 is 5.11 Å². The standard InChI is InChI=1S/C12H26N2O/c1-11(2,9-12(3,4)15)10-14-7-5-13-6-8-14/h13,15H,5-10H2,1-4H3. The van der Waals surface area contributed by atoms with Crippen LogP contribution < -0.4 is 5.32 Å². The Morgan fingerprint density at radius 3 is 2.13 bits per heavy atom. The first-order chi connectivity index (χ1) is 6.79. The fourth-order valence-electron chi connectivity index (χ4n) is 2.70. The molecule has 0 amide bonds. The second-order valence-corrected chi connectivity index (χ2v) is 6.18. The highest BCUT2D eigenvalue weighted by atomic mass is 16.3. The molecule has 1 aliphatic rings. The zero-order chi connectivity index (χ0) is 11.5. The molecule has 3 nitrogen and oxygen atoms in total. The monoisotopic (exact) mass is 214 g/mol. The van der Waals surface area contributed by atoms with Gasteiger partial charge in [-0.15, -0.1) is 0 Å². The SMILES string of the molecule is CC(C)(O)CC(C)(C)CN1CCNCC1. The summed E-state index contributed by atoms with van der Waals surface area (Å²) in [5.74, 6) is 0. The van der Waals surface area contributed by atoms with Gasteiger partial charge in [0.1, 0.15) is 0 Å². The molecule has 1 rings (SSSR count). The van der Waals surface area contributed by atoms with Gasteiger partial charge in [-0.25, -0.2) is 0 Å². The number of nitrogens with zero attached hydrogens (tertiary/aromatic N) is 1. The van der Waals surface area contributed by atoms with E-state index in [-0.39, 0.29) is 5.41 Å². The van der Waals surface area contributed by atoms with Gasteiger partial charge in [0.05, 0.1) is 5.60 Å². The van der Waals surface area contributed by atoms with Crippen LogP contribution in [-0.2, 0) is 0 Å². The lowest BCUT2D eigenvalue weighted by molar-refractivity contribution is 0.0179. The zero-order valence-corrected chi connectivity index (χ0v) is 10.6. The van der Waals surface area contributed by atoms with Gasteiger partial charge in [-0.2, -0.15) is 0 Å². The van der Waals surface area contributed by atoms with Gasteiger partial charge in [-0.05, 0) is 25.7 Å². The number of hydrogen-bond donors (Lipinski definition) is 2. The Bertz CT molecular complexity index is 190. The van der Waals surface area contributed by atoms with Gasteiger partial charge >= 0.3 is 0 Å². The molecule has 0 bridgehead atoms. The molecular formula is C12H26N2O. The molecule has 90 valence electrons. The molecule has 0 radical (unpaired) electrons. The predicted molar refractivity (Wildman–Crippen MR) is 64.0 cm³/mol. The quantitative estimate of drug-likeness (QED) is 0.735. The van der Waals surface area contributed by atoms with Gasteiger partial charge in [-0.3, -0.25) is 0 Å². The topological polar surface area (TPSA) is 35.5 Å². The first-order valence-corrected chi connectivity index (χ1v) is 5.94. The first-order valence-electron chi connectivity index (χ1n) is 5.94. The Labute approximate surface area is 93.9 Å². The van der Waals surface area contributed by atoms with E-state index in [2.05, 4.69) is 24.1 Å². The first kappa shape index (κ1) is 12.9. The molecule has 0 saturated carbocycles. The Hall–Kier alpha value is -0.120. The Morgan fingerprint density at radius 2 is 1.67 bits per heavy atom. The fourth-order valence-corrected chi connectivity index (χ4v) is 2.70. The average Bonchev–Trinajstić information content (AvgIpc) is 1.99. The summed E-state index contributed by atoms with van der Waals surface area (Å²) >= 11 is 0. The van der Waals surface area contributed by atoms with Crippen molar-refractivity contribution >= 4 is 0 Å². The lowest BCUT2D eigenvalue weighted by Crippen LogP contribution is -2.48. The molecule has 2 N–H and O–H groups in total. The molecule has 0 atom stereocenters. The maximum Gasteiger partial charge on any atom is 0.0597 e. The van der Waals surface area contributed by atoms with Crippen molar-refractivity contribution in [1.82, 2.24) is 10.2 Å². The predicted octanol–water partition coefficient (Wildman–Crippen LogP) is 1.08. The molecule has 0 aromatic rings. The summed E-state index contributed by atoms with van der Waals surface area (Å²) in [6.45, 7) is 13.8. The third-order valence-corrected chi connectivity index (χ3v) is 2.77. The molecule has 0 unspecified atom stereocenters. The maximum absolute atomic E-state index is 9.85. The van der Waals surface area contributed by atoms with Crippen LogP contribution in [-0.4, -0.2) is 48.3 Å². The fraction of sp³-hybridized carbons (Fsp3) is 1.00. The van der Waals surface area contributed by atoms with E-state index in [1.807, 2.05) is 13.8 Å². The molecular weight excluding hydrogens is 188 g/mol. The van der Waals surface area contributed by atoms with Gasteiger partial charge in [0.25, 0.3) is 0 Å². The molecule has 0 aromatic heterocycles. The minimum absolute atomic E-state index is 0.190. The zero-order valence-electron chi connectivity index (χ0n) is 10.6. The largest absolute Gasteiger partial charge is 0.390 e. The van der Waals surface area contributed by atoms with Crippen LogP contribution in [0.1, 0.15) is 34.1 Å². The molecule has 1 fully saturated rings. The highest BCUT2D eigenvalue weighted by Gasteiger charge is 2.29. The Balaban J connectivity index is 2.40. The van der Waals surface area contributed by atoms with Crippen molar-refractivity contribution in [2.24, 2.45) is 5.41 Å². The van der Waals surface area contributed by atoms with E-state index in [9.17, 15) is 5.11 Å². The minimum atomic E-state index is -0.558. The minimum Gasteiger partial charge on any atom is -0.390 e. The van der Waals surface area contributed by atoms with Crippen LogP contribution in [0.4, 0.5) is 0 Å². The van der Waals surface area contributed by atoms with Gasteiger partial charge in [0.2, 0.25) is 0 Å². The van der Waals surface area contributed by atoms with Crippen molar-refractivity contribution in [3.8, 4) is 0 Å². The molecule has 3 heteroatoms. The number of hydrogen-bond acceptors (Lipinski definition) is 3. The smallest absolute Gasteiger partial charge is 0.0597 e. The van der Waals surface area contributed by atoms with Gasteiger partial charge in [-0.1, -0.05) is 13.8 Å². The summed E-state index contributed by atoms with van der Waals surface area (Å²) in [6.07, 6.45) is 0.851. The second kappa shape index (κ2) is 4.81. The summed E-state index contributed by atoms with van der Waals surface area (Å²) in [5.41, 5.74) is -0.368. The van der Waals surface area contributed by atoms with Crippen molar-refractivity contribution in [3.05, 3.63) is 0 Å². The molecule has 0 aliphatic carbocycles. The highest BCUT2D eigenvalue weighted by Crippen LogP contribution is 2.28. The average molecular weight is 214 g/mol. The maximum atomic E-state index is 9.85. The van der Waals surface area contributed by atoms with Crippen molar-refractivity contribution in [2.75, 3.05) is 32.7 Å². The third-order valence-electron chi connectivity index (χ3n) is 2.77. The van der Waals surface area contributed by atoms with E-state index in [0.717, 1.165) is 39.1 Å². The van der Waals surface area contributed by atoms with Crippen molar-refractivity contribution in [1.29, 1.82) is 0 Å². The van der Waals surface area contributed by atoms with E-state index in [4.69, 9.17) is 0 Å². The van der Waals surface area contributed by atoms with E-state index in [0.29, 0.717) is 0 Å². The Kier molecular flexibility index (Phi) is 4.15. The normalized spacial score (nSPS) is 20.6. The number of nitrogens with one attached hydrogen (secondary N) is 1. The van der Waals surface area contributed by atoms with E-state index in [1.54, 1.807) is 0 Å². The molecule has 1 saturated heterocycles. The second-order valence-electron chi connectivity index (χ2n) is 6.18. The van der Waals surface area contributed by atoms with Crippen LogP contribution in [0.25, 0.3) is 0 Å². The van der Waals surface area contributed by atoms with Crippen molar-refractivity contribution in [3.63, 3.8) is 0 Å². The van der Waals surface area contributed by atoms with Crippen LogP contribution in [0, 0.1) is 5.41 Å². The van der Waals surface area contributed by atoms with E-state index >= 15 is 0 Å². The number of aliphatic hydroxyl groups is 1. The summed E-state index contributed by atoms with van der Waals surface area (Å²) in [6, 6.07) is 0. The van der Waals surface area contributed by atoms with E-state index in [1.165, 1.54) is 0 Å². The van der Waals surface area contributed by atoms with Gasteiger partial charge < -0.3 is 15.3 Å². The molecule has 0 spiro atoms. The highest BCUT2D eigenvalue weighted by molar-refractivity contribution is 4.82. The lowest BCUT2D eigenvalue weighted by atomic mass is 9.81. The van der Waals surface area contributed by atoms with E-state index < -0.39 is 5.60 Å². The molecule has 1 aliphatic heterocycles. The Morgan fingerprint density at radius 1 is 1.13 bits per heavy atom. The third kappa shape index (κ3) is 5.50. The van der Waals surface area contributed by atoms with Crippen LogP contribution in [0.3, 0.4) is 0 Å². The van der Waals surface area contributed by atoms with Crippen LogP contribution in [0.2, 0.25) is 0 Å². The number of piperazine rings is 1. The summed E-state index contributed by atoms with van der Waals surface area (Å²) in [7, 11) is 0. The van der Waals surface area contributed by atoms with Gasteiger partial charge in [0, 0.05) is 32.7 Å². The number of rotatable bonds is 4. The van der Waals surface area contributed by atoms with Gasteiger partial charge in [0.15, 0.2) is 0 Å². The van der Waals surface area contributed by atoms with Crippen LogP contribution in [0.15, 0.2) is 0 Å². The molecule has 15 heavy (non-hydrogen) atoms. The summed E-state index contributed by atoms with van der Waals surface area (Å²) in [5, 5.41) is 13.2. The summed E-state index contributed by atoms with van der Waals surface area (Å²) < 4.78 is 0. The molecule has 0 aromatic carbocycles.